The summed E-state index contributed by atoms with van der Waals surface area (Å²) in [7, 11) is 0. The highest BCUT2D eigenvalue weighted by molar-refractivity contribution is 5.94. The Labute approximate surface area is 120 Å². The Morgan fingerprint density at radius 1 is 1.19 bits per heavy atom. The zero-order chi connectivity index (χ0) is 15.2. The number of nitrogens with one attached hydrogen (secondary N) is 1. The molecule has 0 aliphatic rings. The van der Waals surface area contributed by atoms with E-state index in [1.165, 1.54) is 18.3 Å². The molecule has 0 radical (unpaired) electrons. The number of carbonyl (C=O) groups excluding carboxylic acids is 1. The molecule has 0 atom stereocenters. The third-order valence-electron chi connectivity index (χ3n) is 2.86. The number of halogens is 1. The van der Waals surface area contributed by atoms with E-state index in [1.54, 1.807) is 18.2 Å². The molecule has 0 bridgehead atoms. The highest BCUT2D eigenvalue weighted by Crippen LogP contribution is 2.06. The molecule has 1 heterocycles. The lowest BCUT2D eigenvalue weighted by atomic mass is 10.1. The fourth-order valence-electron chi connectivity index (χ4n) is 1.83. The molecule has 2 N–H and O–H groups in total. The van der Waals surface area contributed by atoms with Crippen LogP contribution in [0.5, 0.6) is 0 Å². The first-order valence-electron chi connectivity index (χ1n) is 6.28. The number of rotatable bonds is 5. The average molecular weight is 288 g/mol. The maximum atomic E-state index is 12.9. The fraction of sp³-hybridized carbons (Fsp3) is 0.133. The van der Waals surface area contributed by atoms with Gasteiger partial charge in [-0.25, -0.2) is 9.78 Å². The van der Waals surface area contributed by atoms with Gasteiger partial charge in [-0.15, -0.1) is 0 Å². The van der Waals surface area contributed by atoms with Gasteiger partial charge in [-0.3, -0.25) is 4.79 Å². The van der Waals surface area contributed by atoms with Crippen molar-refractivity contribution in [2.45, 2.75) is 6.42 Å². The molecule has 5 nitrogen and oxygen atoms in total. The molecule has 2 rings (SSSR count). The molecule has 1 aromatic carbocycles. The van der Waals surface area contributed by atoms with E-state index in [1.807, 2.05) is 0 Å². The number of benzene rings is 1. The summed E-state index contributed by atoms with van der Waals surface area (Å²) < 4.78 is 12.9. The van der Waals surface area contributed by atoms with Gasteiger partial charge < -0.3 is 10.4 Å². The van der Waals surface area contributed by atoms with Crippen LogP contribution in [0.25, 0.3) is 0 Å². The van der Waals surface area contributed by atoms with Crippen LogP contribution in [0, 0.1) is 5.95 Å². The van der Waals surface area contributed by atoms with Crippen molar-refractivity contribution >= 4 is 11.9 Å². The molecule has 0 aliphatic carbocycles. The van der Waals surface area contributed by atoms with Crippen molar-refractivity contribution in [3.63, 3.8) is 0 Å². The minimum Gasteiger partial charge on any atom is -0.478 e. The first kappa shape index (κ1) is 14.6. The van der Waals surface area contributed by atoms with Crippen molar-refractivity contribution < 1.29 is 19.1 Å². The Balaban J connectivity index is 1.91. The van der Waals surface area contributed by atoms with Gasteiger partial charge >= 0.3 is 5.97 Å². The number of nitrogens with zero attached hydrogens (tertiary/aromatic N) is 1. The van der Waals surface area contributed by atoms with E-state index < -0.39 is 17.8 Å². The molecule has 1 amide bonds. The lowest BCUT2D eigenvalue weighted by Gasteiger charge is -2.06. The summed E-state index contributed by atoms with van der Waals surface area (Å²) in [5.74, 6) is -2.10. The summed E-state index contributed by atoms with van der Waals surface area (Å²) in [6.45, 7) is 0.325. The Bertz CT molecular complexity index is 673. The Morgan fingerprint density at radius 2 is 2.00 bits per heavy atom. The van der Waals surface area contributed by atoms with Gasteiger partial charge in [-0.2, -0.15) is 4.39 Å². The summed E-state index contributed by atoms with van der Waals surface area (Å²) >= 11 is 0. The van der Waals surface area contributed by atoms with Crippen LogP contribution in [-0.2, 0) is 6.42 Å². The minimum atomic E-state index is -0.992. The van der Waals surface area contributed by atoms with Crippen molar-refractivity contribution in [1.29, 1.82) is 0 Å². The third-order valence-corrected chi connectivity index (χ3v) is 2.86. The predicted octanol–water partition coefficient (Wildman–Crippen LogP) is 1.89. The molecule has 6 heteroatoms. The summed E-state index contributed by atoms with van der Waals surface area (Å²) in [4.78, 5) is 26.0. The Hall–Kier alpha value is -2.76. The van der Waals surface area contributed by atoms with Gasteiger partial charge in [0.15, 0.2) is 0 Å². The second-order valence-corrected chi connectivity index (χ2v) is 4.38. The van der Waals surface area contributed by atoms with Crippen LogP contribution in [0.2, 0.25) is 0 Å². The van der Waals surface area contributed by atoms with Gasteiger partial charge in [0.2, 0.25) is 5.95 Å². The largest absolute Gasteiger partial charge is 0.478 e. The molecule has 1 aromatic heterocycles. The Morgan fingerprint density at radius 3 is 2.71 bits per heavy atom. The molecule has 0 spiro atoms. The van der Waals surface area contributed by atoms with Gasteiger partial charge in [-0.1, -0.05) is 12.1 Å². The van der Waals surface area contributed by atoms with Crippen LogP contribution in [0.15, 0.2) is 42.6 Å². The number of carboxylic acids is 1. The molecule has 0 saturated heterocycles. The maximum Gasteiger partial charge on any atom is 0.335 e. The molecule has 0 aliphatic heterocycles. The second-order valence-electron chi connectivity index (χ2n) is 4.38. The predicted molar refractivity (Wildman–Crippen MR) is 73.6 cm³/mol. The average Bonchev–Trinajstić information content (AvgIpc) is 2.47. The molecule has 108 valence electrons. The minimum absolute atomic E-state index is 0.196. The van der Waals surface area contributed by atoms with E-state index in [9.17, 15) is 14.0 Å². The topological polar surface area (TPSA) is 79.3 Å². The van der Waals surface area contributed by atoms with E-state index in [-0.39, 0.29) is 11.1 Å². The van der Waals surface area contributed by atoms with Crippen LogP contribution in [0.3, 0.4) is 0 Å². The van der Waals surface area contributed by atoms with E-state index in [2.05, 4.69) is 10.3 Å². The SMILES string of the molecule is O=C(O)c1cccc(CCNC(=O)c2ccnc(F)c2)c1. The number of aromatic nitrogens is 1. The van der Waals surface area contributed by atoms with Gasteiger partial charge in [0.1, 0.15) is 0 Å². The number of carboxylic acid groups (broad SMARTS) is 1. The molecular weight excluding hydrogens is 275 g/mol. The second kappa shape index (κ2) is 6.60. The van der Waals surface area contributed by atoms with Crippen LogP contribution in [-0.4, -0.2) is 28.5 Å². The van der Waals surface area contributed by atoms with Crippen LogP contribution < -0.4 is 5.32 Å². The third kappa shape index (κ3) is 4.10. The van der Waals surface area contributed by atoms with E-state index in [4.69, 9.17) is 5.11 Å². The van der Waals surface area contributed by atoms with Crippen molar-refractivity contribution in [2.24, 2.45) is 0 Å². The molecule has 0 saturated carbocycles. The first-order chi connectivity index (χ1) is 10.1. The van der Waals surface area contributed by atoms with E-state index in [0.29, 0.717) is 13.0 Å². The number of carbonyl (C=O) groups is 2. The normalized spacial score (nSPS) is 10.1. The highest BCUT2D eigenvalue weighted by atomic mass is 19.1. The number of hydrogen-bond donors (Lipinski definition) is 2. The summed E-state index contributed by atoms with van der Waals surface area (Å²) in [6, 6.07) is 8.97. The molecule has 21 heavy (non-hydrogen) atoms. The number of hydrogen-bond acceptors (Lipinski definition) is 3. The summed E-state index contributed by atoms with van der Waals surface area (Å²) in [5.41, 5.74) is 1.20. The number of amides is 1. The van der Waals surface area contributed by atoms with Gasteiger partial charge in [-0.05, 0) is 30.2 Å². The van der Waals surface area contributed by atoms with Crippen molar-refractivity contribution in [2.75, 3.05) is 6.54 Å². The first-order valence-corrected chi connectivity index (χ1v) is 6.28. The molecule has 2 aromatic rings. The van der Waals surface area contributed by atoms with E-state index >= 15 is 0 Å². The molecular formula is C15H13FN2O3. The van der Waals surface area contributed by atoms with Crippen molar-refractivity contribution in [3.8, 4) is 0 Å². The quantitative estimate of drug-likeness (QED) is 0.823. The lowest BCUT2D eigenvalue weighted by Crippen LogP contribution is -2.25. The van der Waals surface area contributed by atoms with Crippen molar-refractivity contribution in [1.82, 2.24) is 10.3 Å². The maximum absolute atomic E-state index is 12.9. The zero-order valence-electron chi connectivity index (χ0n) is 11.0. The summed E-state index contributed by atoms with van der Waals surface area (Å²) in [5, 5.41) is 11.5. The highest BCUT2D eigenvalue weighted by Gasteiger charge is 2.07. The van der Waals surface area contributed by atoms with Gasteiger partial charge in [0, 0.05) is 24.4 Å². The monoisotopic (exact) mass is 288 g/mol. The number of pyridine rings is 1. The number of aromatic carboxylic acids is 1. The molecule has 0 unspecified atom stereocenters. The smallest absolute Gasteiger partial charge is 0.335 e. The fourth-order valence-corrected chi connectivity index (χ4v) is 1.83. The van der Waals surface area contributed by atoms with Crippen LogP contribution >= 0.6 is 0 Å². The van der Waals surface area contributed by atoms with Crippen LogP contribution in [0.4, 0.5) is 4.39 Å². The van der Waals surface area contributed by atoms with Crippen molar-refractivity contribution in [3.05, 3.63) is 65.2 Å². The van der Waals surface area contributed by atoms with Gasteiger partial charge in [0.25, 0.3) is 5.91 Å². The standard InChI is InChI=1S/C15H13FN2O3/c16-13-9-11(5-7-17-13)14(19)18-6-4-10-2-1-3-12(8-10)15(20)21/h1-3,5,7-9H,4,6H2,(H,18,19)(H,20,21). The lowest BCUT2D eigenvalue weighted by molar-refractivity contribution is 0.0696. The molecule has 0 fully saturated rings. The zero-order valence-corrected chi connectivity index (χ0v) is 11.0. The van der Waals surface area contributed by atoms with Gasteiger partial charge in [0.05, 0.1) is 5.56 Å². The summed E-state index contributed by atoms with van der Waals surface area (Å²) in [6.07, 6.45) is 1.71. The van der Waals surface area contributed by atoms with Crippen LogP contribution in [0.1, 0.15) is 26.3 Å². The van der Waals surface area contributed by atoms with E-state index in [0.717, 1.165) is 11.6 Å². The Kier molecular flexibility index (Phi) is 4.61.